The highest BCUT2D eigenvalue weighted by Crippen LogP contribution is 2.43. The van der Waals surface area contributed by atoms with Crippen LogP contribution in [0.2, 0.25) is 0 Å². The number of thiophene rings is 1. The predicted octanol–water partition coefficient (Wildman–Crippen LogP) is 4.73. The van der Waals surface area contributed by atoms with Crippen LogP contribution in [0.5, 0.6) is 0 Å². The first-order valence-corrected chi connectivity index (χ1v) is 8.58. The number of hydrogen-bond donors (Lipinski definition) is 1. The fourth-order valence-corrected chi connectivity index (χ4v) is 3.82. The van der Waals surface area contributed by atoms with Gasteiger partial charge in [-0.05, 0) is 48.5 Å². The highest BCUT2D eigenvalue weighted by Gasteiger charge is 2.39. The molecule has 1 heterocycles. The summed E-state index contributed by atoms with van der Waals surface area (Å²) >= 11 is 1.76. The number of hydrogen-bond acceptors (Lipinski definition) is 3. The van der Waals surface area contributed by atoms with Gasteiger partial charge in [-0.25, -0.2) is 0 Å². The molecule has 0 amide bonds. The van der Waals surface area contributed by atoms with Crippen molar-refractivity contribution in [2.45, 2.75) is 65.0 Å². The number of rotatable bonds is 5. The van der Waals surface area contributed by atoms with Crippen molar-refractivity contribution in [1.82, 2.24) is 5.32 Å². The van der Waals surface area contributed by atoms with Gasteiger partial charge in [0.1, 0.15) is 5.54 Å². The smallest absolute Gasteiger partial charge is 0.107 e. The Hall–Kier alpha value is -0.850. The summed E-state index contributed by atoms with van der Waals surface area (Å²) in [5.74, 6) is 0.762. The summed E-state index contributed by atoms with van der Waals surface area (Å²) in [6, 6.07) is 6.77. The Morgan fingerprint density at radius 1 is 1.45 bits per heavy atom. The zero-order chi connectivity index (χ0) is 14.6. The maximum atomic E-state index is 9.61. The van der Waals surface area contributed by atoms with E-state index in [1.54, 1.807) is 11.3 Å². The van der Waals surface area contributed by atoms with Gasteiger partial charge in [-0.2, -0.15) is 5.26 Å². The summed E-state index contributed by atoms with van der Waals surface area (Å²) in [5.41, 5.74) is 0.111. The van der Waals surface area contributed by atoms with E-state index in [4.69, 9.17) is 0 Å². The van der Waals surface area contributed by atoms with Gasteiger partial charge in [0.25, 0.3) is 0 Å². The molecule has 0 atom stereocenters. The molecule has 0 aliphatic heterocycles. The quantitative estimate of drug-likeness (QED) is 0.851. The topological polar surface area (TPSA) is 35.8 Å². The summed E-state index contributed by atoms with van der Waals surface area (Å²) in [6.45, 7) is 7.85. The first-order valence-electron chi connectivity index (χ1n) is 7.70. The molecule has 1 aromatic heterocycles. The second kappa shape index (κ2) is 6.28. The molecule has 110 valence electrons. The van der Waals surface area contributed by atoms with Crippen LogP contribution in [0.4, 0.5) is 0 Å². The van der Waals surface area contributed by atoms with E-state index in [0.717, 1.165) is 25.3 Å². The molecule has 0 spiro atoms. The molecule has 0 aromatic carbocycles. The van der Waals surface area contributed by atoms with Gasteiger partial charge in [0.2, 0.25) is 0 Å². The van der Waals surface area contributed by atoms with E-state index in [1.165, 1.54) is 24.1 Å². The van der Waals surface area contributed by atoms with Crippen molar-refractivity contribution < 1.29 is 0 Å². The summed E-state index contributed by atoms with van der Waals surface area (Å²) in [7, 11) is 0. The molecule has 1 aliphatic rings. The van der Waals surface area contributed by atoms with Crippen LogP contribution in [0.3, 0.4) is 0 Å². The zero-order valence-corrected chi connectivity index (χ0v) is 13.7. The van der Waals surface area contributed by atoms with Gasteiger partial charge in [0.05, 0.1) is 6.07 Å². The largest absolute Gasteiger partial charge is 0.294 e. The SMILES string of the molecule is CCC(C)(C)C1CCC(C#N)(NCc2cccs2)CC1. The molecule has 0 bridgehead atoms. The second-order valence-corrected chi connectivity index (χ2v) is 7.78. The molecular weight excluding hydrogens is 264 g/mol. The van der Waals surface area contributed by atoms with Crippen LogP contribution in [0.15, 0.2) is 17.5 Å². The van der Waals surface area contributed by atoms with Gasteiger partial charge >= 0.3 is 0 Å². The number of nitrogens with one attached hydrogen (secondary N) is 1. The Labute approximate surface area is 127 Å². The number of nitrogens with zero attached hydrogens (tertiary/aromatic N) is 1. The van der Waals surface area contributed by atoms with E-state index in [0.29, 0.717) is 5.41 Å². The van der Waals surface area contributed by atoms with Crippen LogP contribution < -0.4 is 5.32 Å². The third kappa shape index (κ3) is 3.42. The third-order valence-electron chi connectivity index (χ3n) is 5.25. The van der Waals surface area contributed by atoms with Crippen molar-refractivity contribution in [3.63, 3.8) is 0 Å². The summed E-state index contributed by atoms with van der Waals surface area (Å²) < 4.78 is 0. The van der Waals surface area contributed by atoms with E-state index < -0.39 is 0 Å². The molecule has 20 heavy (non-hydrogen) atoms. The summed E-state index contributed by atoms with van der Waals surface area (Å²) in [4.78, 5) is 1.32. The monoisotopic (exact) mass is 290 g/mol. The maximum Gasteiger partial charge on any atom is 0.107 e. The van der Waals surface area contributed by atoms with Crippen molar-refractivity contribution in [2.75, 3.05) is 0 Å². The first kappa shape index (κ1) is 15.5. The summed E-state index contributed by atoms with van der Waals surface area (Å²) in [6.07, 6.45) is 5.55. The van der Waals surface area contributed by atoms with Crippen molar-refractivity contribution in [3.05, 3.63) is 22.4 Å². The van der Waals surface area contributed by atoms with E-state index >= 15 is 0 Å². The van der Waals surface area contributed by atoms with Crippen LogP contribution in [0, 0.1) is 22.7 Å². The van der Waals surface area contributed by atoms with E-state index in [-0.39, 0.29) is 5.54 Å². The minimum absolute atomic E-state index is 0.301. The molecule has 0 radical (unpaired) electrons. The Balaban J connectivity index is 1.93. The molecule has 0 saturated heterocycles. The molecule has 2 rings (SSSR count). The average Bonchev–Trinajstić information content (AvgIpc) is 2.99. The maximum absolute atomic E-state index is 9.61. The van der Waals surface area contributed by atoms with Gasteiger partial charge in [0, 0.05) is 11.4 Å². The minimum atomic E-state index is -0.301. The Morgan fingerprint density at radius 2 is 2.15 bits per heavy atom. The molecule has 1 aliphatic carbocycles. The zero-order valence-electron chi connectivity index (χ0n) is 12.9. The molecule has 1 saturated carbocycles. The van der Waals surface area contributed by atoms with Crippen LogP contribution in [0.1, 0.15) is 57.8 Å². The number of nitriles is 1. The highest BCUT2D eigenvalue weighted by molar-refractivity contribution is 7.09. The van der Waals surface area contributed by atoms with E-state index in [1.807, 2.05) is 0 Å². The molecule has 1 fully saturated rings. The van der Waals surface area contributed by atoms with Crippen LogP contribution in [-0.2, 0) is 6.54 Å². The van der Waals surface area contributed by atoms with Gasteiger partial charge in [-0.15, -0.1) is 11.3 Å². The standard InChI is InChI=1S/C17H26N2S/c1-4-16(2,3)14-7-9-17(13-18,10-8-14)19-12-15-6-5-11-20-15/h5-6,11,14,19H,4,7-10,12H2,1-3H3. The second-order valence-electron chi connectivity index (χ2n) is 6.74. The van der Waals surface area contributed by atoms with Gasteiger partial charge in [0.15, 0.2) is 0 Å². The van der Waals surface area contributed by atoms with Crippen molar-refractivity contribution in [2.24, 2.45) is 11.3 Å². The van der Waals surface area contributed by atoms with Crippen molar-refractivity contribution in [1.29, 1.82) is 5.26 Å². The molecule has 1 aromatic rings. The third-order valence-corrected chi connectivity index (χ3v) is 6.13. The van der Waals surface area contributed by atoms with Crippen LogP contribution in [-0.4, -0.2) is 5.54 Å². The lowest BCUT2D eigenvalue weighted by molar-refractivity contribution is 0.118. The molecule has 2 nitrogen and oxygen atoms in total. The fraction of sp³-hybridized carbons (Fsp3) is 0.706. The molecule has 3 heteroatoms. The van der Waals surface area contributed by atoms with Gasteiger partial charge in [-0.1, -0.05) is 33.3 Å². The first-order chi connectivity index (χ1) is 9.51. The van der Waals surface area contributed by atoms with Gasteiger partial charge in [-0.3, -0.25) is 5.32 Å². The minimum Gasteiger partial charge on any atom is -0.294 e. The van der Waals surface area contributed by atoms with Crippen LogP contribution in [0.25, 0.3) is 0 Å². The predicted molar refractivity (Wildman–Crippen MR) is 85.5 cm³/mol. The van der Waals surface area contributed by atoms with Crippen molar-refractivity contribution in [3.8, 4) is 6.07 Å². The van der Waals surface area contributed by atoms with E-state index in [9.17, 15) is 5.26 Å². The Morgan fingerprint density at radius 3 is 2.65 bits per heavy atom. The fourth-order valence-electron chi connectivity index (χ4n) is 3.18. The lowest BCUT2D eigenvalue weighted by Gasteiger charge is -2.42. The Kier molecular flexibility index (Phi) is 4.88. The summed E-state index contributed by atoms with van der Waals surface area (Å²) in [5, 5.41) is 15.2. The normalized spacial score (nSPS) is 27.2. The molecule has 1 N–H and O–H groups in total. The lowest BCUT2D eigenvalue weighted by atomic mass is 9.66. The molecule has 0 unspecified atom stereocenters. The van der Waals surface area contributed by atoms with Crippen molar-refractivity contribution >= 4 is 11.3 Å². The van der Waals surface area contributed by atoms with Gasteiger partial charge < -0.3 is 0 Å². The lowest BCUT2D eigenvalue weighted by Crippen LogP contribution is -2.47. The average molecular weight is 290 g/mol. The highest BCUT2D eigenvalue weighted by atomic mass is 32.1. The Bertz CT molecular complexity index is 448. The van der Waals surface area contributed by atoms with E-state index in [2.05, 4.69) is 49.7 Å². The van der Waals surface area contributed by atoms with Crippen LogP contribution >= 0.6 is 11.3 Å². The molecular formula is C17H26N2S.